The monoisotopic (exact) mass is 402 g/mol. The summed E-state index contributed by atoms with van der Waals surface area (Å²) in [5.74, 6) is 2.31. The van der Waals surface area contributed by atoms with Crippen molar-refractivity contribution in [2.45, 2.75) is 38.5 Å². The Morgan fingerprint density at radius 1 is 1.11 bits per heavy atom. The molecule has 1 aromatic rings. The topological polar surface area (TPSA) is 66.5 Å². The third kappa shape index (κ3) is 4.33. The number of amides is 1. The Hall–Kier alpha value is -1.66. The first kappa shape index (κ1) is 19.6. The Bertz CT molecular complexity index is 813. The molecule has 5 rings (SSSR count). The van der Waals surface area contributed by atoms with Gasteiger partial charge in [-0.3, -0.25) is 4.79 Å². The Morgan fingerprint density at radius 2 is 1.68 bits per heavy atom. The van der Waals surface area contributed by atoms with Crippen LogP contribution in [0.2, 0.25) is 0 Å². The number of benzene rings is 1. The van der Waals surface area contributed by atoms with Crippen molar-refractivity contribution in [1.29, 1.82) is 0 Å². The second kappa shape index (κ2) is 7.64. The van der Waals surface area contributed by atoms with Crippen molar-refractivity contribution < 1.29 is 13.2 Å². The molecule has 1 amide bonds. The van der Waals surface area contributed by atoms with E-state index in [1.807, 2.05) is 30.3 Å². The van der Waals surface area contributed by atoms with E-state index in [0.717, 1.165) is 33.0 Å². The predicted molar refractivity (Wildman–Crippen MR) is 111 cm³/mol. The molecule has 4 aliphatic carbocycles. The molecule has 0 heterocycles. The number of sulfonamides is 1. The fourth-order valence-corrected chi connectivity index (χ4v) is 6.81. The number of nitrogens with zero attached hydrogens (tertiary/aromatic N) is 1. The molecule has 1 N–H and O–H groups in total. The molecular weight excluding hydrogens is 372 g/mol. The number of rotatable bonds is 7. The second-order valence-electron chi connectivity index (χ2n) is 9.21. The summed E-state index contributed by atoms with van der Waals surface area (Å²) in [7, 11) is -2.17. The molecule has 0 radical (unpaired) electrons. The van der Waals surface area contributed by atoms with Crippen LogP contribution < -0.4 is 5.32 Å². The molecule has 152 valence electrons. The highest BCUT2D eigenvalue weighted by Crippen LogP contribution is 2.59. The maximum absolute atomic E-state index is 12.4. The van der Waals surface area contributed by atoms with Gasteiger partial charge in [0, 0.05) is 19.0 Å². The highest BCUT2D eigenvalue weighted by molar-refractivity contribution is 7.92. The van der Waals surface area contributed by atoms with Gasteiger partial charge in [-0.15, -0.1) is 0 Å². The van der Waals surface area contributed by atoms with Crippen LogP contribution >= 0.6 is 0 Å². The summed E-state index contributed by atoms with van der Waals surface area (Å²) in [5.41, 5.74) is 1.07. The average molecular weight is 403 g/mol. The lowest BCUT2D eigenvalue weighted by Gasteiger charge is -2.56. The van der Waals surface area contributed by atoms with Crippen LogP contribution in [0.15, 0.2) is 35.7 Å². The Kier molecular flexibility index (Phi) is 5.36. The minimum atomic E-state index is -3.62. The van der Waals surface area contributed by atoms with Gasteiger partial charge < -0.3 is 5.32 Å². The number of hydrogen-bond acceptors (Lipinski definition) is 3. The third-order valence-corrected chi connectivity index (χ3v) is 8.34. The number of hydrogen-bond donors (Lipinski definition) is 1. The molecule has 0 spiro atoms. The molecule has 0 atom stereocenters. The zero-order chi connectivity index (χ0) is 19.8. The van der Waals surface area contributed by atoms with Crippen molar-refractivity contribution >= 4 is 22.0 Å². The van der Waals surface area contributed by atoms with Crippen molar-refractivity contribution in [3.8, 4) is 0 Å². The van der Waals surface area contributed by atoms with Crippen LogP contribution in [-0.4, -0.2) is 38.8 Å². The summed E-state index contributed by atoms with van der Waals surface area (Å²) < 4.78 is 26.0. The van der Waals surface area contributed by atoms with Crippen LogP contribution in [-0.2, 0) is 14.8 Å². The first-order valence-electron chi connectivity index (χ1n) is 10.3. The lowest BCUT2D eigenvalue weighted by atomic mass is 9.49. The van der Waals surface area contributed by atoms with Gasteiger partial charge in [-0.1, -0.05) is 30.3 Å². The molecule has 5 nitrogen and oxygen atoms in total. The molecule has 1 aromatic carbocycles. The number of nitrogens with one attached hydrogen (secondary N) is 1. The van der Waals surface area contributed by atoms with Crippen molar-refractivity contribution in [3.63, 3.8) is 0 Å². The normalized spacial score (nSPS) is 31.6. The zero-order valence-corrected chi connectivity index (χ0v) is 17.3. The van der Waals surface area contributed by atoms with E-state index < -0.39 is 10.0 Å². The highest BCUT2D eigenvalue weighted by Gasteiger charge is 2.50. The van der Waals surface area contributed by atoms with E-state index in [0.29, 0.717) is 6.54 Å². The number of carbonyl (C=O) groups is 1. The summed E-state index contributed by atoms with van der Waals surface area (Å²) in [4.78, 5) is 12.4. The Morgan fingerprint density at radius 3 is 2.25 bits per heavy atom. The minimum Gasteiger partial charge on any atom is -0.354 e. The van der Waals surface area contributed by atoms with E-state index in [4.69, 9.17) is 0 Å². The molecule has 28 heavy (non-hydrogen) atoms. The van der Waals surface area contributed by atoms with Crippen molar-refractivity contribution in [3.05, 3.63) is 41.3 Å². The molecule has 0 aliphatic heterocycles. The van der Waals surface area contributed by atoms with E-state index in [-0.39, 0.29) is 17.9 Å². The number of likely N-dealkylation sites (N-methyl/N-ethyl adjacent to an activating group) is 1. The maximum Gasteiger partial charge on any atom is 0.236 e. The molecule has 4 fully saturated rings. The SMILES string of the molecule is CN(CC(=O)NCC12CC3CC(CC(C3)C1)C2)S(=O)(=O)/C=C/c1ccccc1. The molecule has 0 aromatic heterocycles. The summed E-state index contributed by atoms with van der Waals surface area (Å²) in [5, 5.41) is 4.21. The van der Waals surface area contributed by atoms with Gasteiger partial charge in [0.15, 0.2) is 0 Å². The van der Waals surface area contributed by atoms with Crippen LogP contribution in [0.3, 0.4) is 0 Å². The van der Waals surface area contributed by atoms with E-state index >= 15 is 0 Å². The summed E-state index contributed by atoms with van der Waals surface area (Å²) in [6, 6.07) is 9.27. The van der Waals surface area contributed by atoms with Crippen LogP contribution in [0, 0.1) is 23.2 Å². The van der Waals surface area contributed by atoms with Gasteiger partial charge in [-0.25, -0.2) is 8.42 Å². The summed E-state index contributed by atoms with van der Waals surface area (Å²) in [6.45, 7) is 0.552. The zero-order valence-electron chi connectivity index (χ0n) is 16.5. The largest absolute Gasteiger partial charge is 0.354 e. The smallest absolute Gasteiger partial charge is 0.236 e. The standard InChI is InChI=1S/C22H30N2O3S/c1-24(28(26,27)8-7-17-5-3-2-4-6-17)15-21(25)23-16-22-12-18-9-19(13-22)11-20(10-18)14-22/h2-8,18-20H,9-16H2,1H3,(H,23,25)/b8-7+. The molecule has 4 bridgehead atoms. The predicted octanol–water partition coefficient (Wildman–Crippen LogP) is 3.25. The van der Waals surface area contributed by atoms with E-state index in [9.17, 15) is 13.2 Å². The average Bonchev–Trinajstić information content (AvgIpc) is 2.65. The number of carbonyl (C=O) groups excluding carboxylic acids is 1. The fraction of sp³-hybridized carbons (Fsp3) is 0.591. The lowest BCUT2D eigenvalue weighted by molar-refractivity contribution is -0.123. The minimum absolute atomic E-state index is 0.145. The van der Waals surface area contributed by atoms with Gasteiger partial charge in [0.1, 0.15) is 0 Å². The Balaban J connectivity index is 1.30. The molecular formula is C22H30N2O3S. The van der Waals surface area contributed by atoms with Gasteiger partial charge in [0.25, 0.3) is 0 Å². The Labute approximate surface area is 168 Å². The maximum atomic E-state index is 12.4. The second-order valence-corrected chi connectivity index (χ2v) is 11.1. The molecule has 4 aliphatic rings. The van der Waals surface area contributed by atoms with Gasteiger partial charge in [-0.2, -0.15) is 4.31 Å². The molecule has 4 saturated carbocycles. The van der Waals surface area contributed by atoms with Crippen LogP contribution in [0.4, 0.5) is 0 Å². The molecule has 6 heteroatoms. The van der Waals surface area contributed by atoms with Gasteiger partial charge >= 0.3 is 0 Å². The molecule has 0 saturated heterocycles. The fourth-order valence-electron chi connectivity index (χ4n) is 5.97. The van der Waals surface area contributed by atoms with Gasteiger partial charge in [-0.05, 0) is 73.3 Å². The van der Waals surface area contributed by atoms with Gasteiger partial charge in [0.2, 0.25) is 15.9 Å². The van der Waals surface area contributed by atoms with Crippen molar-refractivity contribution in [1.82, 2.24) is 9.62 Å². The van der Waals surface area contributed by atoms with E-state index in [1.54, 1.807) is 6.08 Å². The summed E-state index contributed by atoms with van der Waals surface area (Å²) >= 11 is 0. The highest BCUT2D eigenvalue weighted by atomic mass is 32.2. The first-order chi connectivity index (χ1) is 13.3. The van der Waals surface area contributed by atoms with Crippen LogP contribution in [0.5, 0.6) is 0 Å². The van der Waals surface area contributed by atoms with E-state index in [2.05, 4.69) is 5.32 Å². The van der Waals surface area contributed by atoms with Crippen molar-refractivity contribution in [2.24, 2.45) is 23.2 Å². The van der Waals surface area contributed by atoms with Crippen LogP contribution in [0.25, 0.3) is 6.08 Å². The summed E-state index contributed by atoms with van der Waals surface area (Å²) in [6.07, 6.45) is 9.37. The van der Waals surface area contributed by atoms with Gasteiger partial charge in [0.05, 0.1) is 6.54 Å². The van der Waals surface area contributed by atoms with Crippen LogP contribution in [0.1, 0.15) is 44.1 Å². The molecule has 0 unspecified atom stereocenters. The first-order valence-corrected chi connectivity index (χ1v) is 11.8. The van der Waals surface area contributed by atoms with E-state index in [1.165, 1.54) is 45.6 Å². The van der Waals surface area contributed by atoms with Crippen molar-refractivity contribution in [2.75, 3.05) is 20.1 Å². The quantitative estimate of drug-likeness (QED) is 0.761. The lowest BCUT2D eigenvalue weighted by Crippen LogP contribution is -2.52. The third-order valence-electron chi connectivity index (χ3n) is 6.86.